The summed E-state index contributed by atoms with van der Waals surface area (Å²) in [7, 11) is 1.57. The van der Waals surface area contributed by atoms with E-state index in [2.05, 4.69) is 0 Å². The lowest BCUT2D eigenvalue weighted by atomic mass is 9.86. The molecule has 0 bridgehead atoms. The van der Waals surface area contributed by atoms with Crippen LogP contribution in [0, 0.1) is 11.7 Å². The van der Waals surface area contributed by atoms with E-state index in [0.29, 0.717) is 11.3 Å². The van der Waals surface area contributed by atoms with Crippen LogP contribution in [0.15, 0.2) is 60.7 Å². The van der Waals surface area contributed by atoms with Crippen molar-refractivity contribution >= 4 is 5.97 Å². The third kappa shape index (κ3) is 5.03. The number of carboxylic acid groups (broad SMARTS) is 1. The quantitative estimate of drug-likeness (QED) is 0.413. The molecule has 0 aromatic heterocycles. The molecular formula is C28H29FO4. The molecule has 172 valence electrons. The van der Waals surface area contributed by atoms with Crippen molar-refractivity contribution in [3.05, 3.63) is 83.2 Å². The summed E-state index contributed by atoms with van der Waals surface area (Å²) in [5.74, 6) is 0.531. The molecule has 0 fully saturated rings. The number of carbonyl (C=O) groups is 1. The fraction of sp³-hybridized carbons (Fsp3) is 0.321. The molecule has 3 aromatic rings. The van der Waals surface area contributed by atoms with Crippen LogP contribution < -0.4 is 9.47 Å². The molecule has 0 saturated carbocycles. The number of hydrogen-bond acceptors (Lipinski definition) is 3. The van der Waals surface area contributed by atoms with E-state index in [4.69, 9.17) is 9.47 Å². The molecule has 0 saturated heterocycles. The fourth-order valence-corrected chi connectivity index (χ4v) is 4.61. The Morgan fingerprint density at radius 2 is 1.79 bits per heavy atom. The minimum atomic E-state index is -0.787. The summed E-state index contributed by atoms with van der Waals surface area (Å²) in [6, 6.07) is 18.5. The molecule has 33 heavy (non-hydrogen) atoms. The Labute approximate surface area is 194 Å². The SMILES string of the molecule is COc1ccc(F)c(-c2ccc3c(c2)CCC3Oc2ccc([C@H](CC(=O)O)C(C)C)cc2)c1. The van der Waals surface area contributed by atoms with Crippen LogP contribution in [0.4, 0.5) is 4.39 Å². The number of hydrogen-bond donors (Lipinski definition) is 1. The average Bonchev–Trinajstić information content (AvgIpc) is 3.20. The standard InChI is InChI=1S/C28H29FO4/c1-17(2)24(16-28(30)31)18-4-8-21(9-5-18)33-27-13-7-19-14-20(6-11-23(19)27)25-15-22(32-3)10-12-26(25)29/h4-6,8-12,14-15,17,24,27H,7,13,16H2,1-3H3,(H,30,31)/t24-,27?/m1/s1. The molecule has 2 atom stereocenters. The number of benzene rings is 3. The molecule has 5 heteroatoms. The molecule has 1 N–H and O–H groups in total. The molecule has 4 nitrogen and oxygen atoms in total. The van der Waals surface area contributed by atoms with Gasteiger partial charge in [-0.15, -0.1) is 0 Å². The van der Waals surface area contributed by atoms with Crippen LogP contribution >= 0.6 is 0 Å². The van der Waals surface area contributed by atoms with Gasteiger partial charge >= 0.3 is 5.97 Å². The molecule has 0 amide bonds. The maximum Gasteiger partial charge on any atom is 0.303 e. The van der Waals surface area contributed by atoms with Crippen molar-refractivity contribution < 1.29 is 23.8 Å². The van der Waals surface area contributed by atoms with Crippen LogP contribution in [0.2, 0.25) is 0 Å². The molecule has 1 unspecified atom stereocenters. The first-order valence-corrected chi connectivity index (χ1v) is 11.3. The Kier molecular flexibility index (Phi) is 6.68. The second-order valence-corrected chi connectivity index (χ2v) is 8.92. The largest absolute Gasteiger partial charge is 0.497 e. The van der Waals surface area contributed by atoms with Gasteiger partial charge in [-0.2, -0.15) is 0 Å². The number of ether oxygens (including phenoxy) is 2. The number of methoxy groups -OCH3 is 1. The fourth-order valence-electron chi connectivity index (χ4n) is 4.61. The molecule has 0 spiro atoms. The van der Waals surface area contributed by atoms with Crippen molar-refractivity contribution in [2.75, 3.05) is 7.11 Å². The molecule has 1 aliphatic rings. The summed E-state index contributed by atoms with van der Waals surface area (Å²) in [6.07, 6.45) is 1.78. The van der Waals surface area contributed by atoms with E-state index in [1.807, 2.05) is 56.3 Å². The topological polar surface area (TPSA) is 55.8 Å². The number of aliphatic carboxylic acids is 1. The maximum absolute atomic E-state index is 14.4. The molecular weight excluding hydrogens is 419 g/mol. The lowest BCUT2D eigenvalue weighted by molar-refractivity contribution is -0.137. The Bertz CT molecular complexity index is 1140. The zero-order valence-corrected chi connectivity index (χ0v) is 19.2. The molecule has 1 aliphatic carbocycles. The normalized spacial score (nSPS) is 15.8. The predicted molar refractivity (Wildman–Crippen MR) is 126 cm³/mol. The Hall–Kier alpha value is -3.34. The van der Waals surface area contributed by atoms with Crippen LogP contribution in [0.1, 0.15) is 55.4 Å². The number of carboxylic acids is 1. The van der Waals surface area contributed by atoms with E-state index < -0.39 is 5.97 Å². The van der Waals surface area contributed by atoms with Crippen LogP contribution in [0.5, 0.6) is 11.5 Å². The smallest absolute Gasteiger partial charge is 0.303 e. The third-order valence-corrected chi connectivity index (χ3v) is 6.44. The first-order chi connectivity index (χ1) is 15.9. The van der Waals surface area contributed by atoms with Gasteiger partial charge in [0.15, 0.2) is 0 Å². The van der Waals surface area contributed by atoms with Gasteiger partial charge in [-0.3, -0.25) is 4.79 Å². The van der Waals surface area contributed by atoms with Crippen molar-refractivity contribution in [2.24, 2.45) is 5.92 Å². The van der Waals surface area contributed by atoms with Crippen molar-refractivity contribution in [1.82, 2.24) is 0 Å². The highest BCUT2D eigenvalue weighted by atomic mass is 19.1. The highest BCUT2D eigenvalue weighted by Gasteiger charge is 2.25. The van der Waals surface area contributed by atoms with Gasteiger partial charge in [-0.05, 0) is 77.3 Å². The highest BCUT2D eigenvalue weighted by Crippen LogP contribution is 2.38. The summed E-state index contributed by atoms with van der Waals surface area (Å²) in [4.78, 5) is 11.2. The molecule has 0 radical (unpaired) electrons. The molecule has 0 aliphatic heterocycles. The first-order valence-electron chi connectivity index (χ1n) is 11.3. The van der Waals surface area contributed by atoms with Crippen LogP contribution in [-0.2, 0) is 11.2 Å². The van der Waals surface area contributed by atoms with Crippen molar-refractivity contribution in [3.63, 3.8) is 0 Å². The van der Waals surface area contributed by atoms with Gasteiger partial charge in [-0.25, -0.2) is 4.39 Å². The van der Waals surface area contributed by atoms with Crippen LogP contribution in [-0.4, -0.2) is 18.2 Å². The predicted octanol–water partition coefficient (Wildman–Crippen LogP) is 6.78. The molecule has 4 rings (SSSR count). The van der Waals surface area contributed by atoms with E-state index in [9.17, 15) is 14.3 Å². The lowest BCUT2D eigenvalue weighted by Gasteiger charge is -2.20. The van der Waals surface area contributed by atoms with Crippen molar-refractivity contribution in [2.45, 2.75) is 45.1 Å². The summed E-state index contributed by atoms with van der Waals surface area (Å²) in [6.45, 7) is 4.08. The second-order valence-electron chi connectivity index (χ2n) is 8.92. The Morgan fingerprint density at radius 1 is 1.06 bits per heavy atom. The van der Waals surface area contributed by atoms with Gasteiger partial charge in [0.05, 0.1) is 13.5 Å². The molecule has 3 aromatic carbocycles. The van der Waals surface area contributed by atoms with Crippen molar-refractivity contribution in [1.29, 1.82) is 0 Å². The minimum absolute atomic E-state index is 0.0285. The number of halogens is 1. The molecule has 0 heterocycles. The number of aryl methyl sites for hydroxylation is 1. The highest BCUT2D eigenvalue weighted by molar-refractivity contribution is 5.68. The minimum Gasteiger partial charge on any atom is -0.497 e. The number of rotatable bonds is 8. The summed E-state index contributed by atoms with van der Waals surface area (Å²) < 4.78 is 25.9. The summed E-state index contributed by atoms with van der Waals surface area (Å²) >= 11 is 0. The van der Waals surface area contributed by atoms with Gasteiger partial charge in [0.1, 0.15) is 23.4 Å². The van der Waals surface area contributed by atoms with Crippen molar-refractivity contribution in [3.8, 4) is 22.6 Å². The van der Waals surface area contributed by atoms with Gasteiger partial charge in [0, 0.05) is 5.56 Å². The van der Waals surface area contributed by atoms with Crippen LogP contribution in [0.3, 0.4) is 0 Å². The van der Waals surface area contributed by atoms with E-state index in [1.54, 1.807) is 19.2 Å². The lowest BCUT2D eigenvalue weighted by Crippen LogP contribution is -2.12. The zero-order valence-electron chi connectivity index (χ0n) is 19.2. The van der Waals surface area contributed by atoms with Gasteiger partial charge < -0.3 is 14.6 Å². The Balaban J connectivity index is 1.51. The first kappa shape index (κ1) is 22.8. The second kappa shape index (κ2) is 9.65. The van der Waals surface area contributed by atoms with Gasteiger partial charge in [0.2, 0.25) is 0 Å². The monoisotopic (exact) mass is 448 g/mol. The van der Waals surface area contributed by atoms with Gasteiger partial charge in [0.25, 0.3) is 0 Å². The number of fused-ring (bicyclic) bond motifs is 1. The average molecular weight is 449 g/mol. The Morgan fingerprint density at radius 3 is 2.45 bits per heavy atom. The summed E-state index contributed by atoms with van der Waals surface area (Å²) in [5, 5.41) is 9.21. The van der Waals surface area contributed by atoms with Gasteiger partial charge in [-0.1, -0.05) is 44.2 Å². The van der Waals surface area contributed by atoms with Crippen LogP contribution in [0.25, 0.3) is 11.1 Å². The summed E-state index contributed by atoms with van der Waals surface area (Å²) in [5.41, 5.74) is 4.65. The maximum atomic E-state index is 14.4. The van der Waals surface area contributed by atoms with E-state index in [-0.39, 0.29) is 30.2 Å². The van der Waals surface area contributed by atoms with E-state index in [0.717, 1.165) is 40.8 Å². The van der Waals surface area contributed by atoms with E-state index >= 15 is 0 Å². The third-order valence-electron chi connectivity index (χ3n) is 6.44. The van der Waals surface area contributed by atoms with E-state index in [1.165, 1.54) is 6.07 Å². The zero-order chi connectivity index (χ0) is 23.5.